The van der Waals surface area contributed by atoms with E-state index in [0.29, 0.717) is 19.1 Å². The van der Waals surface area contributed by atoms with Crippen LogP contribution in [0.1, 0.15) is 19.8 Å². The highest BCUT2D eigenvalue weighted by Gasteiger charge is 2.39. The van der Waals surface area contributed by atoms with Crippen LogP contribution in [0.4, 0.5) is 0 Å². The maximum Gasteiger partial charge on any atom is 0.499 e. The van der Waals surface area contributed by atoms with Crippen molar-refractivity contribution < 1.29 is 34.2 Å². The molecule has 0 unspecified atom stereocenters. The molecular weight excluding hydrogens is 380 g/mol. The Morgan fingerprint density at radius 1 is 1.08 bits per heavy atom. The summed E-state index contributed by atoms with van der Waals surface area (Å²) in [6.07, 6.45) is 1.66. The summed E-state index contributed by atoms with van der Waals surface area (Å²) in [5.74, 6) is -0.300. The zero-order chi connectivity index (χ0) is 18.6. The first-order chi connectivity index (χ1) is 10.9. The highest BCUT2D eigenvalue weighted by atomic mass is 32.3. The first-order valence-electron chi connectivity index (χ1n) is 6.63. The molecule has 0 amide bonds. The van der Waals surface area contributed by atoms with Gasteiger partial charge in [-0.25, -0.2) is 16.8 Å². The van der Waals surface area contributed by atoms with Gasteiger partial charge in [0.15, 0.2) is 0 Å². The molecule has 0 bridgehead atoms. The summed E-state index contributed by atoms with van der Waals surface area (Å²) in [5.41, 5.74) is 8.67. The molecule has 0 N–H and O–H groups in total. The van der Waals surface area contributed by atoms with Gasteiger partial charge in [-0.1, -0.05) is 13.3 Å². The fraction of sp³-hybridized carbons (Fsp3) is 0.417. The van der Waals surface area contributed by atoms with Crippen LogP contribution in [0.5, 0.6) is 5.75 Å². The molecule has 134 valence electrons. The zero-order valence-electron chi connectivity index (χ0n) is 12.9. The van der Waals surface area contributed by atoms with E-state index in [1.807, 2.05) is 6.92 Å². The Bertz CT molecular complexity index is 956. The number of hydrogen-bond donors (Lipinski definition) is 0. The Morgan fingerprint density at radius 2 is 1.62 bits per heavy atom. The van der Waals surface area contributed by atoms with E-state index in [-0.39, 0.29) is 11.5 Å². The Morgan fingerprint density at radius 3 is 2.04 bits per heavy atom. The third-order valence-electron chi connectivity index (χ3n) is 2.73. The molecule has 0 heterocycles. The lowest BCUT2D eigenvalue weighted by Gasteiger charge is -2.07. The van der Waals surface area contributed by atoms with Crippen LogP contribution in [0, 0.1) is 0 Å². The Hall–Kier alpha value is -1.75. The van der Waals surface area contributed by atoms with E-state index in [1.165, 1.54) is 0 Å². The van der Waals surface area contributed by atoms with Gasteiger partial charge in [-0.2, -0.15) is 8.42 Å². The van der Waals surface area contributed by atoms with Crippen LogP contribution >= 0.6 is 0 Å². The van der Waals surface area contributed by atoms with Crippen molar-refractivity contribution in [3.05, 3.63) is 29.8 Å². The second-order valence-electron chi connectivity index (χ2n) is 4.81. The second-order valence-corrected chi connectivity index (χ2v) is 10.6. The van der Waals surface area contributed by atoms with Gasteiger partial charge in [0.1, 0.15) is 5.75 Å². The average Bonchev–Trinajstić information content (AvgIpc) is 2.44. The smallest absolute Gasteiger partial charge is 0.382 e. The number of rotatable bonds is 6. The lowest BCUT2D eigenvalue weighted by molar-refractivity contribution is 0.00385. The molecule has 1 rings (SSSR count). The zero-order valence-corrected chi connectivity index (χ0v) is 15.4. The number of nitrogens with zero attached hydrogens (tertiary/aromatic N) is 2. The van der Waals surface area contributed by atoms with Crippen molar-refractivity contribution in [2.75, 3.05) is 12.0 Å². The molecule has 1 aromatic rings. The average molecular weight is 396 g/mol. The summed E-state index contributed by atoms with van der Waals surface area (Å²) in [6.45, 7) is 1.82. The van der Waals surface area contributed by atoms with Crippen molar-refractivity contribution in [2.45, 2.75) is 24.7 Å². The molecule has 0 saturated carbocycles. The van der Waals surface area contributed by atoms with Gasteiger partial charge in [0.2, 0.25) is 0 Å². The number of sulfone groups is 2. The standard InChI is InChI=1S/C12H16N2O7S3/c1-3-4-9-23(17,18)21-10-5-7-11(8-6-10)24(19,20)12(14-13)22(2,15)16/h5-8H,3-4,9H2,1-2H3. The highest BCUT2D eigenvalue weighted by Crippen LogP contribution is 2.20. The van der Waals surface area contributed by atoms with Gasteiger partial charge >= 0.3 is 14.5 Å². The van der Waals surface area contributed by atoms with Gasteiger partial charge in [0.25, 0.3) is 19.7 Å². The van der Waals surface area contributed by atoms with Gasteiger partial charge < -0.3 is 9.71 Å². The van der Waals surface area contributed by atoms with Crippen LogP contribution in [0.25, 0.3) is 5.53 Å². The second kappa shape index (κ2) is 7.43. The van der Waals surface area contributed by atoms with E-state index in [1.54, 1.807) is 0 Å². The third kappa shape index (κ3) is 5.13. The SMILES string of the molecule is CCCCS(=O)(=O)Oc1ccc(S(=O)(=O)C(=[N+]=[N-])S(C)(=O)=O)cc1. The normalized spacial score (nSPS) is 12.4. The summed E-state index contributed by atoms with van der Waals surface area (Å²) in [6, 6.07) is 4.04. The minimum absolute atomic E-state index is 0.119. The molecular formula is C12H16N2O7S3. The maximum atomic E-state index is 12.1. The van der Waals surface area contributed by atoms with Crippen molar-refractivity contribution >= 4 is 34.2 Å². The van der Waals surface area contributed by atoms with Crippen molar-refractivity contribution in [2.24, 2.45) is 0 Å². The van der Waals surface area contributed by atoms with E-state index in [2.05, 4.69) is 4.79 Å². The molecule has 0 aliphatic rings. The number of unbranched alkanes of at least 4 members (excludes halogenated alkanes) is 1. The monoisotopic (exact) mass is 396 g/mol. The molecule has 12 heteroatoms. The van der Waals surface area contributed by atoms with Crippen LogP contribution in [-0.2, 0) is 29.8 Å². The van der Waals surface area contributed by atoms with Crippen LogP contribution in [-0.4, -0.2) is 46.4 Å². The van der Waals surface area contributed by atoms with Gasteiger partial charge in [0.05, 0.1) is 16.9 Å². The molecule has 24 heavy (non-hydrogen) atoms. The quantitative estimate of drug-likeness (QED) is 0.225. The van der Waals surface area contributed by atoms with Crippen molar-refractivity contribution in [1.82, 2.24) is 0 Å². The lowest BCUT2D eigenvalue weighted by Crippen LogP contribution is -2.25. The molecule has 9 nitrogen and oxygen atoms in total. The molecule has 0 aliphatic heterocycles. The van der Waals surface area contributed by atoms with Crippen LogP contribution < -0.4 is 4.18 Å². The van der Waals surface area contributed by atoms with E-state index < -0.39 is 39.1 Å². The van der Waals surface area contributed by atoms with E-state index >= 15 is 0 Å². The van der Waals surface area contributed by atoms with Crippen LogP contribution in [0.2, 0.25) is 0 Å². The first-order valence-corrected chi connectivity index (χ1v) is 11.6. The Balaban J connectivity index is 3.14. The molecule has 0 radical (unpaired) electrons. The van der Waals surface area contributed by atoms with Crippen LogP contribution in [0.3, 0.4) is 0 Å². The molecule has 0 spiro atoms. The largest absolute Gasteiger partial charge is 0.499 e. The van der Waals surface area contributed by atoms with Crippen molar-refractivity contribution in [3.63, 3.8) is 0 Å². The molecule has 0 aliphatic carbocycles. The predicted octanol–water partition coefficient (Wildman–Crippen LogP) is 0.599. The summed E-state index contributed by atoms with van der Waals surface area (Å²) in [4.78, 5) is 1.85. The topological polar surface area (TPSA) is 148 Å². The fourth-order valence-electron chi connectivity index (χ4n) is 1.61. The lowest BCUT2D eigenvalue weighted by atomic mass is 10.3. The fourth-order valence-corrected chi connectivity index (χ4v) is 5.58. The summed E-state index contributed by atoms with van der Waals surface area (Å²) < 4.78 is 73.7. The Labute approximate surface area is 140 Å². The molecule has 1 aromatic carbocycles. The minimum atomic E-state index is -4.58. The molecule has 0 atom stereocenters. The minimum Gasteiger partial charge on any atom is -0.382 e. The van der Waals surface area contributed by atoms with Gasteiger partial charge in [-0.15, -0.1) is 4.79 Å². The molecule has 0 saturated heterocycles. The van der Waals surface area contributed by atoms with E-state index in [4.69, 9.17) is 9.71 Å². The van der Waals surface area contributed by atoms with Crippen molar-refractivity contribution in [3.8, 4) is 5.75 Å². The van der Waals surface area contributed by atoms with Gasteiger partial charge in [-0.05, 0) is 30.7 Å². The number of benzene rings is 1. The summed E-state index contributed by atoms with van der Waals surface area (Å²) in [5, 5.41) is 0. The van der Waals surface area contributed by atoms with Crippen LogP contribution in [0.15, 0.2) is 29.2 Å². The van der Waals surface area contributed by atoms with Gasteiger partial charge in [-0.3, -0.25) is 0 Å². The maximum absolute atomic E-state index is 12.1. The summed E-state index contributed by atoms with van der Waals surface area (Å²) >= 11 is 0. The van der Waals surface area contributed by atoms with Crippen molar-refractivity contribution in [1.29, 1.82) is 0 Å². The molecule has 0 fully saturated rings. The molecule has 0 aromatic heterocycles. The first kappa shape index (κ1) is 20.3. The number of hydrogen-bond acceptors (Lipinski definition) is 7. The summed E-state index contributed by atoms with van der Waals surface area (Å²) in [7, 11) is -12.7. The van der Waals surface area contributed by atoms with E-state index in [9.17, 15) is 25.3 Å². The Kier molecular flexibility index (Phi) is 6.28. The van der Waals surface area contributed by atoms with E-state index in [0.717, 1.165) is 24.3 Å². The van der Waals surface area contributed by atoms with Gasteiger partial charge in [0, 0.05) is 0 Å². The third-order valence-corrected chi connectivity index (χ3v) is 7.69. The highest BCUT2D eigenvalue weighted by molar-refractivity contribution is 8.30. The predicted molar refractivity (Wildman–Crippen MR) is 86.4 cm³/mol.